The number of ether oxygens (including phenoxy) is 2. The summed E-state index contributed by atoms with van der Waals surface area (Å²) in [6.45, 7) is 7.90. The summed E-state index contributed by atoms with van der Waals surface area (Å²) in [7, 11) is 0. The molecule has 1 aliphatic heterocycles. The van der Waals surface area contributed by atoms with Crippen LogP contribution in [0.5, 0.6) is 0 Å². The van der Waals surface area contributed by atoms with Gasteiger partial charge in [0.05, 0.1) is 30.0 Å². The number of carbonyl (C=O) groups excluding carboxylic acids is 2. The van der Waals surface area contributed by atoms with Gasteiger partial charge < -0.3 is 14.4 Å². The van der Waals surface area contributed by atoms with Gasteiger partial charge in [-0.05, 0) is 39.0 Å². The minimum absolute atomic E-state index is 0.308. The molecule has 1 aliphatic rings. The number of fused-ring (bicyclic) bond motifs is 1. The topological polar surface area (TPSA) is 106 Å². The zero-order valence-electron chi connectivity index (χ0n) is 19.9. The molecular weight excluding hydrogens is 446 g/mol. The van der Waals surface area contributed by atoms with Crippen LogP contribution in [0.4, 0.5) is 10.6 Å². The van der Waals surface area contributed by atoms with Crippen LogP contribution < -0.4 is 15.8 Å². The summed E-state index contributed by atoms with van der Waals surface area (Å²) >= 11 is 0. The first-order valence-electron chi connectivity index (χ1n) is 11.2. The number of nitrogens with one attached hydrogen (secondary N) is 2. The van der Waals surface area contributed by atoms with Crippen molar-refractivity contribution in [1.29, 1.82) is 0 Å². The molecular formula is C26H27N5O4. The van der Waals surface area contributed by atoms with Crippen LogP contribution in [0.15, 0.2) is 42.6 Å². The van der Waals surface area contributed by atoms with Crippen molar-refractivity contribution < 1.29 is 19.1 Å². The maximum absolute atomic E-state index is 13.1. The van der Waals surface area contributed by atoms with Crippen molar-refractivity contribution in [2.75, 3.05) is 31.2 Å². The maximum Gasteiger partial charge on any atom is 0.426 e. The summed E-state index contributed by atoms with van der Waals surface area (Å²) in [6.07, 6.45) is 6.34. The molecule has 4 rings (SSSR count). The monoisotopic (exact) mass is 473 g/mol. The zero-order valence-corrected chi connectivity index (χ0v) is 19.9. The number of morpholine rings is 1. The van der Waals surface area contributed by atoms with Gasteiger partial charge in [-0.2, -0.15) is 0 Å². The summed E-state index contributed by atoms with van der Waals surface area (Å²) in [5.41, 5.74) is 7.04. The Bertz CT molecular complexity index is 1290. The molecule has 0 spiro atoms. The predicted molar refractivity (Wildman–Crippen MR) is 133 cm³/mol. The number of nitrogens with zero attached hydrogens (tertiary/aromatic N) is 3. The molecule has 0 aliphatic carbocycles. The van der Waals surface area contributed by atoms with Gasteiger partial charge in [0.1, 0.15) is 11.4 Å². The maximum atomic E-state index is 13.1. The van der Waals surface area contributed by atoms with E-state index in [4.69, 9.17) is 20.9 Å². The molecule has 35 heavy (non-hydrogen) atoms. The third-order valence-corrected chi connectivity index (χ3v) is 5.28. The zero-order chi connectivity index (χ0) is 25.0. The second-order valence-electron chi connectivity index (χ2n) is 9.02. The Morgan fingerprint density at radius 3 is 2.49 bits per heavy atom. The summed E-state index contributed by atoms with van der Waals surface area (Å²) in [5, 5.41) is 0.550. The molecule has 0 bridgehead atoms. The first-order valence-corrected chi connectivity index (χ1v) is 11.2. The summed E-state index contributed by atoms with van der Waals surface area (Å²) < 4.78 is 10.6. The van der Waals surface area contributed by atoms with Crippen LogP contribution in [0.2, 0.25) is 0 Å². The van der Waals surface area contributed by atoms with Gasteiger partial charge in [0, 0.05) is 41.9 Å². The van der Waals surface area contributed by atoms with Gasteiger partial charge in [-0.15, -0.1) is 6.42 Å². The molecule has 2 amide bonds. The standard InChI is InChI=1S/C26H27N5O4/c1-5-17-6-8-18(9-7-17)21-14-19(24(32)29-30-25(33)35-26(2,3)4)20-16-27-23(15-22(20)28-21)31-10-12-34-13-11-31/h1,6-9,14-16H,10-13H2,2-4H3,(H,29,32)(H,30,33). The van der Waals surface area contributed by atoms with Gasteiger partial charge in [0.15, 0.2) is 0 Å². The lowest BCUT2D eigenvalue weighted by Gasteiger charge is -2.27. The highest BCUT2D eigenvalue weighted by Gasteiger charge is 2.20. The normalized spacial score (nSPS) is 13.7. The largest absolute Gasteiger partial charge is 0.443 e. The number of amides is 2. The highest BCUT2D eigenvalue weighted by Crippen LogP contribution is 2.27. The highest BCUT2D eigenvalue weighted by atomic mass is 16.6. The van der Waals surface area contributed by atoms with E-state index in [2.05, 4.69) is 26.7 Å². The highest BCUT2D eigenvalue weighted by molar-refractivity contribution is 6.07. The number of hydrazine groups is 1. The van der Waals surface area contributed by atoms with E-state index in [1.807, 2.05) is 30.3 Å². The minimum Gasteiger partial charge on any atom is -0.443 e. The molecule has 0 radical (unpaired) electrons. The third kappa shape index (κ3) is 5.86. The third-order valence-electron chi connectivity index (χ3n) is 5.28. The second-order valence-corrected chi connectivity index (χ2v) is 9.02. The van der Waals surface area contributed by atoms with Crippen molar-refractivity contribution in [3.8, 4) is 23.6 Å². The van der Waals surface area contributed by atoms with Crippen molar-refractivity contribution in [3.63, 3.8) is 0 Å². The van der Waals surface area contributed by atoms with Crippen LogP contribution in [0.1, 0.15) is 36.7 Å². The van der Waals surface area contributed by atoms with E-state index >= 15 is 0 Å². The average molecular weight is 474 g/mol. The number of rotatable bonds is 3. The number of carbonyl (C=O) groups is 2. The number of pyridine rings is 2. The molecule has 2 N–H and O–H groups in total. The molecule has 1 aromatic carbocycles. The molecule has 0 saturated carbocycles. The van der Waals surface area contributed by atoms with Crippen molar-refractivity contribution >= 4 is 28.7 Å². The van der Waals surface area contributed by atoms with E-state index in [0.717, 1.165) is 30.0 Å². The molecule has 9 nitrogen and oxygen atoms in total. The van der Waals surface area contributed by atoms with E-state index in [0.29, 0.717) is 35.4 Å². The summed E-state index contributed by atoms with van der Waals surface area (Å²) in [5.74, 6) is 2.82. The smallest absolute Gasteiger partial charge is 0.426 e. The fourth-order valence-corrected chi connectivity index (χ4v) is 3.63. The van der Waals surface area contributed by atoms with Gasteiger partial charge >= 0.3 is 6.09 Å². The van der Waals surface area contributed by atoms with Gasteiger partial charge in [-0.25, -0.2) is 20.2 Å². The number of hydrogen-bond donors (Lipinski definition) is 2. The number of terminal acetylenes is 1. The fourth-order valence-electron chi connectivity index (χ4n) is 3.63. The SMILES string of the molecule is C#Cc1ccc(-c2cc(C(=O)NNC(=O)OC(C)(C)C)c3cnc(N4CCOCC4)cc3n2)cc1. The van der Waals surface area contributed by atoms with E-state index in [1.165, 1.54) is 0 Å². The van der Waals surface area contributed by atoms with Crippen molar-refractivity contribution in [2.24, 2.45) is 0 Å². The van der Waals surface area contributed by atoms with E-state index < -0.39 is 17.6 Å². The average Bonchev–Trinajstić information content (AvgIpc) is 2.86. The number of anilines is 1. The van der Waals surface area contributed by atoms with Gasteiger partial charge in [-0.1, -0.05) is 18.1 Å². The first kappa shape index (κ1) is 24.0. The van der Waals surface area contributed by atoms with Crippen LogP contribution in [-0.4, -0.2) is 53.9 Å². The van der Waals surface area contributed by atoms with Crippen LogP contribution in [-0.2, 0) is 9.47 Å². The van der Waals surface area contributed by atoms with Gasteiger partial charge in [0.2, 0.25) is 0 Å². The van der Waals surface area contributed by atoms with Crippen molar-refractivity contribution in [1.82, 2.24) is 20.8 Å². The van der Waals surface area contributed by atoms with Crippen molar-refractivity contribution in [3.05, 3.63) is 53.7 Å². The van der Waals surface area contributed by atoms with E-state index in [-0.39, 0.29) is 0 Å². The quantitative estimate of drug-likeness (QED) is 0.444. The predicted octanol–water partition coefficient (Wildman–Crippen LogP) is 3.28. The molecule has 0 atom stereocenters. The van der Waals surface area contributed by atoms with Gasteiger partial charge in [-0.3, -0.25) is 10.2 Å². The first-order chi connectivity index (χ1) is 16.7. The van der Waals surface area contributed by atoms with Crippen LogP contribution >= 0.6 is 0 Å². The van der Waals surface area contributed by atoms with E-state index in [1.54, 1.807) is 33.0 Å². The number of aromatic nitrogens is 2. The summed E-state index contributed by atoms with van der Waals surface area (Å²) in [6, 6.07) is 10.9. The van der Waals surface area contributed by atoms with E-state index in [9.17, 15) is 9.59 Å². The summed E-state index contributed by atoms with van der Waals surface area (Å²) in [4.78, 5) is 36.6. The number of benzene rings is 1. The molecule has 9 heteroatoms. The Labute approximate surface area is 203 Å². The Morgan fingerprint density at radius 1 is 1.11 bits per heavy atom. The molecule has 0 unspecified atom stereocenters. The lowest BCUT2D eigenvalue weighted by molar-refractivity contribution is 0.0483. The van der Waals surface area contributed by atoms with Gasteiger partial charge in [0.25, 0.3) is 5.91 Å². The molecule has 3 aromatic rings. The second kappa shape index (κ2) is 9.99. The van der Waals surface area contributed by atoms with Crippen molar-refractivity contribution in [2.45, 2.75) is 26.4 Å². The lowest BCUT2D eigenvalue weighted by Crippen LogP contribution is -2.44. The molecule has 1 fully saturated rings. The van der Waals surface area contributed by atoms with Crippen LogP contribution in [0, 0.1) is 12.3 Å². The Morgan fingerprint density at radius 2 is 1.83 bits per heavy atom. The number of hydrogen-bond acceptors (Lipinski definition) is 7. The van der Waals surface area contributed by atoms with Crippen LogP contribution in [0.25, 0.3) is 22.2 Å². The Balaban J connectivity index is 1.71. The Kier molecular flexibility index (Phi) is 6.85. The lowest BCUT2D eigenvalue weighted by atomic mass is 10.0. The molecule has 3 heterocycles. The molecule has 1 saturated heterocycles. The molecule has 2 aromatic heterocycles. The Hall–Kier alpha value is -4.16. The fraction of sp³-hybridized carbons (Fsp3) is 0.308. The van der Waals surface area contributed by atoms with Crippen LogP contribution in [0.3, 0.4) is 0 Å². The molecule has 180 valence electrons. The minimum atomic E-state index is -0.762.